The molecule has 2 aromatic carbocycles. The van der Waals surface area contributed by atoms with Crippen molar-refractivity contribution in [2.45, 2.75) is 33.7 Å². The summed E-state index contributed by atoms with van der Waals surface area (Å²) in [6.07, 6.45) is 1.79. The molecular formula is C22H25N5O. The molecule has 1 unspecified atom stereocenters. The van der Waals surface area contributed by atoms with E-state index < -0.39 is 0 Å². The number of benzene rings is 2. The number of nitrogens with one attached hydrogen (secondary N) is 1. The van der Waals surface area contributed by atoms with Crippen molar-refractivity contribution >= 4 is 22.5 Å². The molecule has 0 spiro atoms. The highest BCUT2D eigenvalue weighted by Crippen LogP contribution is 2.26. The molecule has 2 aromatic heterocycles. The molecule has 4 aromatic rings. The fourth-order valence-corrected chi connectivity index (χ4v) is 3.16. The Labute approximate surface area is 164 Å². The number of hydrogen-bond acceptors (Lipinski definition) is 5. The average molecular weight is 375 g/mol. The number of rotatable bonds is 5. The summed E-state index contributed by atoms with van der Waals surface area (Å²) in [6, 6.07) is 17.3. The van der Waals surface area contributed by atoms with Crippen LogP contribution in [0.2, 0.25) is 0 Å². The Balaban J connectivity index is 0.00000225. The normalized spacial score (nSPS) is 11.8. The van der Waals surface area contributed by atoms with Gasteiger partial charge in [-0.1, -0.05) is 50.7 Å². The molecule has 0 radical (unpaired) electrons. The van der Waals surface area contributed by atoms with Gasteiger partial charge in [0.2, 0.25) is 0 Å². The third-order valence-corrected chi connectivity index (χ3v) is 4.53. The molecule has 1 atom stereocenters. The lowest BCUT2D eigenvalue weighted by atomic mass is 10.0. The Morgan fingerprint density at radius 2 is 1.86 bits per heavy atom. The van der Waals surface area contributed by atoms with Gasteiger partial charge in [-0.25, -0.2) is 14.6 Å². The summed E-state index contributed by atoms with van der Waals surface area (Å²) in [5, 5.41) is 18.3. The van der Waals surface area contributed by atoms with Gasteiger partial charge in [-0.15, -0.1) is 0 Å². The van der Waals surface area contributed by atoms with E-state index in [1.807, 2.05) is 23.7 Å². The molecule has 4 rings (SSSR count). The molecule has 2 N–H and O–H groups in total. The van der Waals surface area contributed by atoms with Crippen LogP contribution in [0.1, 0.15) is 31.7 Å². The first-order chi connectivity index (χ1) is 13.1. The number of hydrogen-bond donors (Lipinski definition) is 2. The van der Waals surface area contributed by atoms with Crippen molar-refractivity contribution in [2.24, 2.45) is 0 Å². The van der Waals surface area contributed by atoms with Crippen LogP contribution < -0.4 is 5.32 Å². The van der Waals surface area contributed by atoms with Crippen molar-refractivity contribution in [1.82, 2.24) is 19.7 Å². The van der Waals surface area contributed by atoms with Crippen molar-refractivity contribution in [1.29, 1.82) is 0 Å². The average Bonchev–Trinajstić information content (AvgIpc) is 3.05. The lowest BCUT2D eigenvalue weighted by Gasteiger charge is -2.13. The van der Waals surface area contributed by atoms with E-state index in [1.165, 1.54) is 5.56 Å². The summed E-state index contributed by atoms with van der Waals surface area (Å²) < 4.78 is 1.93. The van der Waals surface area contributed by atoms with Crippen molar-refractivity contribution < 1.29 is 5.11 Å². The van der Waals surface area contributed by atoms with Gasteiger partial charge in [0.15, 0.2) is 5.65 Å². The number of phenolic OH excluding ortho intramolecular Hbond substituents is 1. The Hall–Kier alpha value is -3.41. The molecule has 0 bridgehead atoms. The second-order valence-electron chi connectivity index (χ2n) is 6.67. The molecule has 6 heteroatoms. The number of phenols is 1. The van der Waals surface area contributed by atoms with Crippen LogP contribution in [-0.2, 0) is 6.54 Å². The number of aromatic nitrogens is 4. The van der Waals surface area contributed by atoms with Crippen molar-refractivity contribution in [3.05, 3.63) is 72.2 Å². The van der Waals surface area contributed by atoms with Gasteiger partial charge in [0.1, 0.15) is 17.4 Å². The van der Waals surface area contributed by atoms with E-state index in [9.17, 15) is 5.11 Å². The molecule has 0 aliphatic rings. The summed E-state index contributed by atoms with van der Waals surface area (Å²) >= 11 is 0. The molecule has 0 fully saturated rings. The zero-order valence-corrected chi connectivity index (χ0v) is 15.3. The van der Waals surface area contributed by atoms with Crippen LogP contribution in [0.3, 0.4) is 0 Å². The third kappa shape index (κ3) is 3.96. The molecule has 144 valence electrons. The van der Waals surface area contributed by atoms with Gasteiger partial charge in [-0.2, -0.15) is 5.10 Å². The molecular weight excluding hydrogens is 350 g/mol. The van der Waals surface area contributed by atoms with Gasteiger partial charge in [-0.05, 0) is 24.6 Å². The van der Waals surface area contributed by atoms with Crippen LogP contribution in [0, 0.1) is 6.92 Å². The predicted octanol–water partition coefficient (Wildman–Crippen LogP) is 5.02. The fraction of sp³-hybridized carbons (Fsp3) is 0.227. The molecule has 0 saturated heterocycles. The van der Waals surface area contributed by atoms with Gasteiger partial charge in [0.25, 0.3) is 0 Å². The summed E-state index contributed by atoms with van der Waals surface area (Å²) in [6.45, 7) is 4.78. The minimum Gasteiger partial charge on any atom is -0.508 e. The minimum atomic E-state index is 0. The maximum absolute atomic E-state index is 9.68. The van der Waals surface area contributed by atoms with Crippen LogP contribution in [0.15, 0.2) is 60.8 Å². The Morgan fingerprint density at radius 3 is 2.61 bits per heavy atom. The monoisotopic (exact) mass is 375 g/mol. The molecule has 0 aliphatic carbocycles. The number of anilines is 2. The highest BCUT2D eigenvalue weighted by molar-refractivity contribution is 5.88. The zero-order chi connectivity index (χ0) is 18.8. The van der Waals surface area contributed by atoms with Crippen LogP contribution in [0.5, 0.6) is 5.75 Å². The Kier molecular flexibility index (Phi) is 5.59. The molecule has 0 saturated carbocycles. The minimum absolute atomic E-state index is 0. The van der Waals surface area contributed by atoms with Gasteiger partial charge in [0.05, 0.1) is 11.6 Å². The molecule has 0 amide bonds. The largest absolute Gasteiger partial charge is 0.508 e. The maximum atomic E-state index is 9.68. The van der Waals surface area contributed by atoms with E-state index in [0.29, 0.717) is 17.6 Å². The second kappa shape index (κ2) is 8.08. The number of aryl methyl sites for hydroxylation is 1. The van der Waals surface area contributed by atoms with Crippen LogP contribution in [0.4, 0.5) is 11.5 Å². The van der Waals surface area contributed by atoms with Gasteiger partial charge in [0, 0.05) is 24.2 Å². The highest BCUT2D eigenvalue weighted by atomic mass is 16.3. The summed E-state index contributed by atoms with van der Waals surface area (Å²) in [7, 11) is 0. The highest BCUT2D eigenvalue weighted by Gasteiger charge is 2.14. The molecule has 28 heavy (non-hydrogen) atoms. The molecule has 0 aliphatic heterocycles. The number of nitrogens with zero attached hydrogens (tertiary/aromatic N) is 4. The fourth-order valence-electron chi connectivity index (χ4n) is 3.16. The van der Waals surface area contributed by atoms with E-state index >= 15 is 0 Å². The summed E-state index contributed by atoms with van der Waals surface area (Å²) in [4.78, 5) is 9.12. The predicted molar refractivity (Wildman–Crippen MR) is 113 cm³/mol. The van der Waals surface area contributed by atoms with E-state index in [0.717, 1.165) is 23.3 Å². The second-order valence-corrected chi connectivity index (χ2v) is 6.67. The zero-order valence-electron chi connectivity index (χ0n) is 15.3. The van der Waals surface area contributed by atoms with Gasteiger partial charge >= 0.3 is 0 Å². The molecule has 6 nitrogen and oxygen atoms in total. The first-order valence-electron chi connectivity index (χ1n) is 8.91. The van der Waals surface area contributed by atoms with E-state index in [-0.39, 0.29) is 13.2 Å². The summed E-state index contributed by atoms with van der Waals surface area (Å²) in [5.41, 5.74) is 2.83. The molecule has 2 heterocycles. The van der Waals surface area contributed by atoms with Crippen molar-refractivity contribution in [3.8, 4) is 5.75 Å². The topological polar surface area (TPSA) is 75.9 Å². The van der Waals surface area contributed by atoms with E-state index in [4.69, 9.17) is 0 Å². The number of fused-ring (bicyclic) bond motifs is 1. The van der Waals surface area contributed by atoms with Crippen LogP contribution in [-0.4, -0.2) is 24.9 Å². The standard InChI is InChI=1S/C21H21N5O.CH4/c1-14(16-7-4-3-5-8-16)13-26-21-19(12-22-26)20(23-15(2)24-21)25-17-9-6-10-18(27)11-17;/h3-12,14,27H,13H2,1-2H3,(H,23,24,25);1H4. The lowest BCUT2D eigenvalue weighted by molar-refractivity contribution is 0.475. The third-order valence-electron chi connectivity index (χ3n) is 4.53. The first kappa shape index (κ1) is 19.4. The Morgan fingerprint density at radius 1 is 1.07 bits per heavy atom. The van der Waals surface area contributed by atoms with Crippen molar-refractivity contribution in [2.75, 3.05) is 5.32 Å². The first-order valence-corrected chi connectivity index (χ1v) is 8.91. The quantitative estimate of drug-likeness (QED) is 0.512. The van der Waals surface area contributed by atoms with Gasteiger partial charge < -0.3 is 10.4 Å². The Bertz CT molecular complexity index is 1070. The lowest BCUT2D eigenvalue weighted by Crippen LogP contribution is -2.09. The summed E-state index contributed by atoms with van der Waals surface area (Å²) in [5.74, 6) is 1.86. The van der Waals surface area contributed by atoms with Crippen LogP contribution >= 0.6 is 0 Å². The smallest absolute Gasteiger partial charge is 0.163 e. The van der Waals surface area contributed by atoms with E-state index in [1.54, 1.807) is 24.4 Å². The SMILES string of the molecule is C.Cc1nc(Nc2cccc(O)c2)c2cnn(CC(C)c3ccccc3)c2n1. The number of aromatic hydroxyl groups is 1. The van der Waals surface area contributed by atoms with Crippen LogP contribution in [0.25, 0.3) is 11.0 Å². The van der Waals surface area contributed by atoms with E-state index in [2.05, 4.69) is 51.6 Å². The van der Waals surface area contributed by atoms with Gasteiger partial charge in [-0.3, -0.25) is 0 Å². The van der Waals surface area contributed by atoms with Crippen molar-refractivity contribution in [3.63, 3.8) is 0 Å². The maximum Gasteiger partial charge on any atom is 0.163 e.